The van der Waals surface area contributed by atoms with Crippen molar-refractivity contribution in [3.63, 3.8) is 0 Å². The normalized spacial score (nSPS) is 33.5. The van der Waals surface area contributed by atoms with E-state index in [1.54, 1.807) is 20.6 Å². The lowest BCUT2D eigenvalue weighted by Crippen LogP contribution is -2.52. The fourth-order valence-corrected chi connectivity index (χ4v) is 6.59. The molecule has 144 valence electrons. The molecule has 1 aromatic rings. The van der Waals surface area contributed by atoms with E-state index in [1.165, 1.54) is 31.2 Å². The van der Waals surface area contributed by atoms with Crippen LogP contribution in [0.25, 0.3) is 0 Å². The number of likely N-dealkylation sites (N-methyl/N-ethyl adjacent to an activating group) is 1. The Hall–Kier alpha value is -1.22. The summed E-state index contributed by atoms with van der Waals surface area (Å²) in [6.45, 7) is 3.60. The highest BCUT2D eigenvalue weighted by Crippen LogP contribution is 2.57. The van der Waals surface area contributed by atoms with Gasteiger partial charge in [0.1, 0.15) is 0 Å². The van der Waals surface area contributed by atoms with Crippen molar-refractivity contribution in [2.24, 2.45) is 29.6 Å². The second kappa shape index (κ2) is 7.42. The first-order valence-corrected chi connectivity index (χ1v) is 10.5. The monoisotopic (exact) mass is 357 g/mol. The van der Waals surface area contributed by atoms with Crippen LogP contribution in [0.5, 0.6) is 11.5 Å². The molecule has 4 saturated carbocycles. The minimum absolute atomic E-state index is 0.699. The fraction of sp³-hybridized carbons (Fsp3) is 0.739. The van der Waals surface area contributed by atoms with Crippen molar-refractivity contribution in [1.82, 2.24) is 4.90 Å². The molecule has 4 aliphatic rings. The highest BCUT2D eigenvalue weighted by molar-refractivity contribution is 5.42. The molecule has 26 heavy (non-hydrogen) atoms. The van der Waals surface area contributed by atoms with Crippen LogP contribution < -0.4 is 9.47 Å². The predicted molar refractivity (Wildman–Crippen MR) is 106 cm³/mol. The van der Waals surface area contributed by atoms with Gasteiger partial charge in [0.2, 0.25) is 0 Å². The Labute approximate surface area is 159 Å². The van der Waals surface area contributed by atoms with Gasteiger partial charge in [0.15, 0.2) is 11.5 Å². The van der Waals surface area contributed by atoms with Crippen LogP contribution in [0, 0.1) is 29.6 Å². The number of ether oxygens (including phenoxy) is 2. The van der Waals surface area contributed by atoms with Crippen LogP contribution in [0.4, 0.5) is 0 Å². The number of benzene rings is 1. The first-order chi connectivity index (χ1) is 12.6. The van der Waals surface area contributed by atoms with E-state index in [0.717, 1.165) is 54.1 Å². The maximum absolute atomic E-state index is 5.45. The predicted octanol–water partition coefficient (Wildman–Crippen LogP) is 4.64. The van der Waals surface area contributed by atoms with Crippen molar-refractivity contribution in [2.75, 3.05) is 27.8 Å². The molecular formula is C23H35NO2. The molecule has 0 spiro atoms. The second-order valence-corrected chi connectivity index (χ2v) is 9.17. The van der Waals surface area contributed by atoms with Gasteiger partial charge >= 0.3 is 0 Å². The summed E-state index contributed by atoms with van der Waals surface area (Å²) in [5.41, 5.74) is 1.33. The molecule has 4 bridgehead atoms. The van der Waals surface area contributed by atoms with Crippen LogP contribution in [0.3, 0.4) is 0 Å². The zero-order valence-electron chi connectivity index (χ0n) is 16.9. The molecule has 4 fully saturated rings. The molecular weight excluding hydrogens is 322 g/mol. The highest BCUT2D eigenvalue weighted by atomic mass is 16.5. The van der Waals surface area contributed by atoms with Crippen molar-refractivity contribution in [2.45, 2.75) is 51.5 Å². The van der Waals surface area contributed by atoms with Crippen molar-refractivity contribution < 1.29 is 9.47 Å². The summed E-state index contributed by atoms with van der Waals surface area (Å²) in [6.07, 6.45) is 8.69. The standard InChI is InChI=1S/C23H35NO2/c1-15(23-19-10-17-9-18(12-19)13-20(23)11-17)24(2)8-7-16-5-6-21(25-3)22(14-16)26-4/h5-6,14-15,17-20,23H,7-13H2,1-4H3/t15-,17?,18?,19?,20?,23?/m0/s1. The van der Waals surface area contributed by atoms with Crippen LogP contribution in [0.1, 0.15) is 44.6 Å². The Morgan fingerprint density at radius 2 is 1.58 bits per heavy atom. The van der Waals surface area contributed by atoms with Gasteiger partial charge in [-0.05, 0) is 99.8 Å². The lowest BCUT2D eigenvalue weighted by Gasteiger charge is -2.57. The van der Waals surface area contributed by atoms with E-state index in [2.05, 4.69) is 31.0 Å². The van der Waals surface area contributed by atoms with Crippen molar-refractivity contribution in [3.8, 4) is 11.5 Å². The molecule has 1 atom stereocenters. The molecule has 0 aliphatic heterocycles. The van der Waals surface area contributed by atoms with Crippen LogP contribution in [-0.2, 0) is 6.42 Å². The zero-order valence-corrected chi connectivity index (χ0v) is 16.9. The van der Waals surface area contributed by atoms with E-state index >= 15 is 0 Å². The molecule has 0 saturated heterocycles. The molecule has 3 nitrogen and oxygen atoms in total. The maximum atomic E-state index is 5.45. The van der Waals surface area contributed by atoms with Gasteiger partial charge in [0, 0.05) is 12.6 Å². The van der Waals surface area contributed by atoms with Crippen LogP contribution >= 0.6 is 0 Å². The largest absolute Gasteiger partial charge is 0.493 e. The number of nitrogens with zero attached hydrogens (tertiary/aromatic N) is 1. The van der Waals surface area contributed by atoms with Crippen molar-refractivity contribution >= 4 is 0 Å². The van der Waals surface area contributed by atoms with Gasteiger partial charge in [-0.1, -0.05) is 6.07 Å². The van der Waals surface area contributed by atoms with Gasteiger partial charge in [-0.3, -0.25) is 0 Å². The molecule has 0 unspecified atom stereocenters. The number of rotatable bonds is 7. The van der Waals surface area contributed by atoms with Crippen LogP contribution in [-0.4, -0.2) is 38.8 Å². The minimum atomic E-state index is 0.699. The van der Waals surface area contributed by atoms with Crippen molar-refractivity contribution in [3.05, 3.63) is 23.8 Å². The van der Waals surface area contributed by atoms with E-state index in [4.69, 9.17) is 9.47 Å². The number of hydrogen-bond acceptors (Lipinski definition) is 3. The summed E-state index contributed by atoms with van der Waals surface area (Å²) >= 11 is 0. The summed E-state index contributed by atoms with van der Waals surface area (Å²) in [7, 11) is 5.73. The first kappa shape index (κ1) is 18.2. The lowest BCUT2D eigenvalue weighted by molar-refractivity contribution is -0.0666. The quantitative estimate of drug-likeness (QED) is 0.710. The Balaban J connectivity index is 1.37. The van der Waals surface area contributed by atoms with E-state index in [9.17, 15) is 0 Å². The number of methoxy groups -OCH3 is 2. The topological polar surface area (TPSA) is 21.7 Å². The molecule has 5 rings (SSSR count). The Morgan fingerprint density at radius 1 is 0.962 bits per heavy atom. The van der Waals surface area contributed by atoms with Gasteiger partial charge in [0.05, 0.1) is 14.2 Å². The summed E-state index contributed by atoms with van der Waals surface area (Å²) in [5, 5.41) is 0. The van der Waals surface area contributed by atoms with E-state index in [0.29, 0.717) is 6.04 Å². The number of hydrogen-bond donors (Lipinski definition) is 0. The second-order valence-electron chi connectivity index (χ2n) is 9.17. The Kier molecular flexibility index (Phi) is 5.18. The summed E-state index contributed by atoms with van der Waals surface area (Å²) < 4.78 is 10.8. The van der Waals surface area contributed by atoms with Crippen LogP contribution in [0.2, 0.25) is 0 Å². The third-order valence-electron chi connectivity index (χ3n) is 7.75. The molecule has 0 heterocycles. The van der Waals surface area contributed by atoms with Crippen LogP contribution in [0.15, 0.2) is 18.2 Å². The van der Waals surface area contributed by atoms with Gasteiger partial charge in [0.25, 0.3) is 0 Å². The van der Waals surface area contributed by atoms with Gasteiger partial charge < -0.3 is 14.4 Å². The molecule has 0 amide bonds. The molecule has 0 radical (unpaired) electrons. The lowest BCUT2D eigenvalue weighted by atomic mass is 9.50. The van der Waals surface area contributed by atoms with Gasteiger partial charge in [-0.2, -0.15) is 0 Å². The van der Waals surface area contributed by atoms with Crippen molar-refractivity contribution in [1.29, 1.82) is 0 Å². The minimum Gasteiger partial charge on any atom is -0.493 e. The Morgan fingerprint density at radius 3 is 2.15 bits per heavy atom. The molecule has 3 heteroatoms. The van der Waals surface area contributed by atoms with Gasteiger partial charge in [-0.15, -0.1) is 0 Å². The zero-order chi connectivity index (χ0) is 18.3. The van der Waals surface area contributed by atoms with E-state index in [-0.39, 0.29) is 0 Å². The van der Waals surface area contributed by atoms with E-state index < -0.39 is 0 Å². The average molecular weight is 358 g/mol. The molecule has 1 aromatic carbocycles. The molecule has 0 N–H and O–H groups in total. The summed E-state index contributed by atoms with van der Waals surface area (Å²) in [5.74, 6) is 6.72. The summed E-state index contributed by atoms with van der Waals surface area (Å²) in [4.78, 5) is 2.61. The summed E-state index contributed by atoms with van der Waals surface area (Å²) in [6, 6.07) is 7.02. The smallest absolute Gasteiger partial charge is 0.160 e. The van der Waals surface area contributed by atoms with Gasteiger partial charge in [-0.25, -0.2) is 0 Å². The molecule has 4 aliphatic carbocycles. The van der Waals surface area contributed by atoms with E-state index in [1.807, 2.05) is 6.07 Å². The molecule has 0 aromatic heterocycles. The average Bonchev–Trinajstić information content (AvgIpc) is 2.64. The highest BCUT2D eigenvalue weighted by Gasteiger charge is 2.50. The first-order valence-electron chi connectivity index (χ1n) is 10.5. The Bertz CT molecular complexity index is 601. The third-order valence-corrected chi connectivity index (χ3v) is 7.75. The third kappa shape index (κ3) is 3.35. The fourth-order valence-electron chi connectivity index (χ4n) is 6.59. The SMILES string of the molecule is COc1ccc(CCN(C)[C@@H](C)C2C3CC4CC(C3)CC2C4)cc1OC. The maximum Gasteiger partial charge on any atom is 0.160 e.